The Balaban J connectivity index is 1.48. The van der Waals surface area contributed by atoms with Crippen LogP contribution in [0.2, 0.25) is 0 Å². The summed E-state index contributed by atoms with van der Waals surface area (Å²) in [4.78, 5) is 0. The van der Waals surface area contributed by atoms with Crippen molar-refractivity contribution in [3.63, 3.8) is 0 Å². The number of halogens is 1. The zero-order valence-corrected chi connectivity index (χ0v) is 18.0. The maximum Gasteiger partial charge on any atom is 0.248 e. The zero-order valence-electron chi connectivity index (χ0n) is 15.6. The molecule has 2 aromatic heterocycles. The van der Waals surface area contributed by atoms with E-state index in [4.69, 9.17) is 4.42 Å². The van der Waals surface area contributed by atoms with Crippen LogP contribution < -0.4 is 0 Å². The summed E-state index contributed by atoms with van der Waals surface area (Å²) in [5.41, 5.74) is 0.889. The van der Waals surface area contributed by atoms with Crippen LogP contribution in [0, 0.1) is 0 Å². The zero-order chi connectivity index (χ0) is 19.3. The minimum absolute atomic E-state index is 0.501. The largest absolute Gasteiger partial charge is 0.420 e. The van der Waals surface area contributed by atoms with Crippen molar-refractivity contribution in [2.75, 3.05) is 0 Å². The van der Waals surface area contributed by atoms with Gasteiger partial charge < -0.3 is 8.98 Å². The Morgan fingerprint density at radius 2 is 1.96 bits per heavy atom. The molecule has 6 nitrogen and oxygen atoms in total. The first-order valence-corrected chi connectivity index (χ1v) is 11.3. The van der Waals surface area contributed by atoms with Gasteiger partial charge in [0.05, 0.1) is 11.3 Å². The molecule has 28 heavy (non-hydrogen) atoms. The molecule has 1 fully saturated rings. The Labute approximate surface area is 177 Å². The SMILES string of the molecule is C=CCn1c(SCc2nnc(-c3ccccc3Br)o2)nnc1C1CCCCC1. The Bertz CT molecular complexity index is 948. The molecule has 1 aromatic carbocycles. The Kier molecular flexibility index (Phi) is 6.26. The maximum atomic E-state index is 5.84. The first-order chi connectivity index (χ1) is 13.8. The molecule has 0 unspecified atom stereocenters. The molecule has 0 atom stereocenters. The summed E-state index contributed by atoms with van der Waals surface area (Å²) in [5.74, 6) is 3.22. The quantitative estimate of drug-likeness (QED) is 0.337. The first kappa shape index (κ1) is 19.4. The lowest BCUT2D eigenvalue weighted by molar-refractivity contribution is 0.415. The van der Waals surface area contributed by atoms with Crippen molar-refractivity contribution in [3.8, 4) is 11.5 Å². The standard InChI is InChI=1S/C20H22BrN5OS/c1-2-12-26-18(14-8-4-3-5-9-14)23-25-20(26)28-13-17-22-24-19(27-17)15-10-6-7-11-16(15)21/h2,6-7,10-11,14H,1,3-5,8-9,12-13H2. The fourth-order valence-electron chi connectivity index (χ4n) is 3.55. The van der Waals surface area contributed by atoms with Crippen LogP contribution in [-0.2, 0) is 12.3 Å². The molecule has 1 aliphatic rings. The van der Waals surface area contributed by atoms with Gasteiger partial charge in [0, 0.05) is 16.9 Å². The summed E-state index contributed by atoms with van der Waals surface area (Å²) in [7, 11) is 0. The average molecular weight is 460 g/mol. The second-order valence-electron chi connectivity index (χ2n) is 6.84. The number of hydrogen-bond acceptors (Lipinski definition) is 6. The highest BCUT2D eigenvalue weighted by atomic mass is 79.9. The predicted octanol–water partition coefficient (Wildman–Crippen LogP) is 5.62. The number of aromatic nitrogens is 5. The van der Waals surface area contributed by atoms with Crippen LogP contribution in [-0.4, -0.2) is 25.0 Å². The summed E-state index contributed by atoms with van der Waals surface area (Å²) >= 11 is 5.09. The topological polar surface area (TPSA) is 69.6 Å². The minimum atomic E-state index is 0.501. The van der Waals surface area contributed by atoms with E-state index in [1.807, 2.05) is 30.3 Å². The van der Waals surface area contributed by atoms with Crippen molar-refractivity contribution in [1.82, 2.24) is 25.0 Å². The van der Waals surface area contributed by atoms with Crippen LogP contribution in [0.4, 0.5) is 0 Å². The van der Waals surface area contributed by atoms with E-state index < -0.39 is 0 Å². The van der Waals surface area contributed by atoms with E-state index in [2.05, 4.69) is 47.5 Å². The Morgan fingerprint density at radius 1 is 1.14 bits per heavy atom. The summed E-state index contributed by atoms with van der Waals surface area (Å²) < 4.78 is 8.96. The molecule has 0 amide bonds. The van der Waals surface area contributed by atoms with Crippen molar-refractivity contribution >= 4 is 27.7 Å². The van der Waals surface area contributed by atoms with Gasteiger partial charge in [0.15, 0.2) is 5.16 Å². The average Bonchev–Trinajstić information content (AvgIpc) is 3.35. The van der Waals surface area contributed by atoms with Crippen molar-refractivity contribution in [2.45, 2.75) is 55.5 Å². The second kappa shape index (κ2) is 9.05. The fourth-order valence-corrected chi connectivity index (χ4v) is 4.80. The molecule has 0 saturated heterocycles. The number of rotatable bonds is 7. The second-order valence-corrected chi connectivity index (χ2v) is 8.64. The van der Waals surface area contributed by atoms with Gasteiger partial charge in [-0.1, -0.05) is 49.2 Å². The van der Waals surface area contributed by atoms with Gasteiger partial charge in [-0.3, -0.25) is 0 Å². The molecule has 0 bridgehead atoms. The smallest absolute Gasteiger partial charge is 0.248 e. The normalized spacial score (nSPS) is 15.0. The van der Waals surface area contributed by atoms with E-state index in [-0.39, 0.29) is 0 Å². The van der Waals surface area contributed by atoms with Gasteiger partial charge in [-0.15, -0.1) is 27.0 Å². The lowest BCUT2D eigenvalue weighted by Gasteiger charge is -2.21. The molecule has 1 saturated carbocycles. The molecule has 4 rings (SSSR count). The van der Waals surface area contributed by atoms with Crippen LogP contribution in [0.1, 0.15) is 49.7 Å². The van der Waals surface area contributed by atoms with Gasteiger partial charge in [0.25, 0.3) is 0 Å². The highest BCUT2D eigenvalue weighted by Crippen LogP contribution is 2.34. The highest BCUT2D eigenvalue weighted by molar-refractivity contribution is 9.10. The number of nitrogens with zero attached hydrogens (tertiary/aromatic N) is 5. The molecule has 0 radical (unpaired) electrons. The first-order valence-electron chi connectivity index (χ1n) is 9.50. The lowest BCUT2D eigenvalue weighted by Crippen LogP contribution is -2.12. The maximum absolute atomic E-state index is 5.84. The van der Waals surface area contributed by atoms with Crippen LogP contribution in [0.25, 0.3) is 11.5 Å². The van der Waals surface area contributed by atoms with Gasteiger partial charge in [0.2, 0.25) is 11.8 Å². The monoisotopic (exact) mass is 459 g/mol. The molecule has 2 heterocycles. The molecule has 0 aliphatic heterocycles. The van der Waals surface area contributed by atoms with Gasteiger partial charge in [-0.05, 0) is 40.9 Å². The van der Waals surface area contributed by atoms with Crippen molar-refractivity contribution in [1.29, 1.82) is 0 Å². The molecule has 1 aliphatic carbocycles. The number of benzene rings is 1. The summed E-state index contributed by atoms with van der Waals surface area (Å²) in [5, 5.41) is 18.2. The molecule has 8 heteroatoms. The van der Waals surface area contributed by atoms with Crippen LogP contribution in [0.3, 0.4) is 0 Å². The molecule has 3 aromatic rings. The minimum Gasteiger partial charge on any atom is -0.420 e. The Hall–Kier alpha value is -1.93. The molecular formula is C20H22BrN5OS. The highest BCUT2D eigenvalue weighted by Gasteiger charge is 2.23. The van der Waals surface area contributed by atoms with E-state index in [9.17, 15) is 0 Å². The fraction of sp³-hybridized carbons (Fsp3) is 0.400. The van der Waals surface area contributed by atoms with Gasteiger partial charge in [-0.25, -0.2) is 0 Å². The van der Waals surface area contributed by atoms with Crippen LogP contribution in [0.15, 0.2) is 51.0 Å². The Morgan fingerprint density at radius 3 is 2.75 bits per heavy atom. The predicted molar refractivity (Wildman–Crippen MR) is 113 cm³/mol. The summed E-state index contributed by atoms with van der Waals surface area (Å²) in [6, 6.07) is 7.81. The molecule has 0 spiro atoms. The van der Waals surface area contributed by atoms with E-state index >= 15 is 0 Å². The van der Waals surface area contributed by atoms with Gasteiger partial charge in [0.1, 0.15) is 5.82 Å². The summed E-state index contributed by atoms with van der Waals surface area (Å²) in [6.45, 7) is 4.61. The molecule has 146 valence electrons. The van der Waals surface area contributed by atoms with Crippen molar-refractivity contribution < 1.29 is 4.42 Å². The van der Waals surface area contributed by atoms with Crippen LogP contribution >= 0.6 is 27.7 Å². The third-order valence-electron chi connectivity index (χ3n) is 4.92. The third-order valence-corrected chi connectivity index (χ3v) is 6.57. The van der Waals surface area contributed by atoms with Gasteiger partial charge in [-0.2, -0.15) is 0 Å². The van der Waals surface area contributed by atoms with E-state index in [0.29, 0.717) is 30.0 Å². The van der Waals surface area contributed by atoms with Crippen molar-refractivity contribution in [2.24, 2.45) is 0 Å². The molecular weight excluding hydrogens is 438 g/mol. The van der Waals surface area contributed by atoms with Crippen molar-refractivity contribution in [3.05, 3.63) is 53.1 Å². The summed E-state index contributed by atoms with van der Waals surface area (Å²) in [6.07, 6.45) is 8.15. The van der Waals surface area contributed by atoms with Crippen LogP contribution in [0.5, 0.6) is 0 Å². The molecule has 0 N–H and O–H groups in total. The number of allylic oxidation sites excluding steroid dienone is 1. The number of thioether (sulfide) groups is 1. The third kappa shape index (κ3) is 4.22. The van der Waals surface area contributed by atoms with Gasteiger partial charge >= 0.3 is 0 Å². The van der Waals surface area contributed by atoms with E-state index in [1.165, 1.54) is 32.1 Å². The number of hydrogen-bond donors (Lipinski definition) is 0. The lowest BCUT2D eigenvalue weighted by atomic mass is 9.89. The van der Waals surface area contributed by atoms with E-state index in [0.717, 1.165) is 21.0 Å². The van der Waals surface area contributed by atoms with E-state index in [1.54, 1.807) is 11.8 Å².